The summed E-state index contributed by atoms with van der Waals surface area (Å²) in [5, 5.41) is 18.2. The number of aliphatic carboxylic acids is 1. The third kappa shape index (κ3) is 6.09. The number of hydrogen-bond donors (Lipinski definition) is 3. The highest BCUT2D eigenvalue weighted by Crippen LogP contribution is 2.40. The Morgan fingerprint density at radius 3 is 2.60 bits per heavy atom. The highest BCUT2D eigenvalue weighted by atomic mass is 32.2. The van der Waals surface area contributed by atoms with Crippen molar-refractivity contribution >= 4 is 41.4 Å². The van der Waals surface area contributed by atoms with Gasteiger partial charge in [0.1, 0.15) is 35.5 Å². The first-order valence-electron chi connectivity index (χ1n) is 13.0. The highest BCUT2D eigenvalue weighted by Gasteiger charge is 2.54. The number of nitrogens with zero attached hydrogens (tertiary/aromatic N) is 2. The number of thioether (sulfide) groups is 1. The van der Waals surface area contributed by atoms with Crippen LogP contribution >= 0.6 is 11.8 Å². The lowest BCUT2D eigenvalue weighted by atomic mass is 10.0. The van der Waals surface area contributed by atoms with Gasteiger partial charge < -0.3 is 29.7 Å². The molecule has 13 nitrogen and oxygen atoms in total. The summed E-state index contributed by atoms with van der Waals surface area (Å²) in [6.07, 6.45) is 0. The van der Waals surface area contributed by atoms with E-state index in [1.165, 1.54) is 31.9 Å². The van der Waals surface area contributed by atoms with E-state index in [1.807, 2.05) is 0 Å². The van der Waals surface area contributed by atoms with Crippen LogP contribution in [0.3, 0.4) is 0 Å². The Labute approximate surface area is 249 Å². The molecule has 1 fully saturated rings. The second kappa shape index (κ2) is 12.4. The van der Waals surface area contributed by atoms with Crippen LogP contribution in [0.1, 0.15) is 29.0 Å². The topological polar surface area (TPSA) is 177 Å². The smallest absolute Gasteiger partial charge is 0.352 e. The fourth-order valence-corrected chi connectivity index (χ4v) is 5.99. The normalized spacial score (nSPS) is 18.2. The summed E-state index contributed by atoms with van der Waals surface area (Å²) in [6, 6.07) is 14.6. The molecule has 2 aliphatic heterocycles. The van der Waals surface area contributed by atoms with Gasteiger partial charge in [0.15, 0.2) is 11.5 Å². The molecule has 1 unspecified atom stereocenters. The summed E-state index contributed by atoms with van der Waals surface area (Å²) in [4.78, 5) is 64.1. The molecule has 3 N–H and O–H groups in total. The van der Waals surface area contributed by atoms with E-state index in [-0.39, 0.29) is 29.3 Å². The number of ether oxygens (including phenoxy) is 2. The average molecular weight is 607 g/mol. The first-order chi connectivity index (χ1) is 20.7. The number of nitrogens with one attached hydrogen (secondary N) is 2. The van der Waals surface area contributed by atoms with E-state index in [2.05, 4.69) is 15.8 Å². The van der Waals surface area contributed by atoms with E-state index in [9.17, 15) is 29.1 Å². The molecule has 222 valence electrons. The van der Waals surface area contributed by atoms with Crippen LogP contribution < -0.4 is 15.4 Å². The number of carbonyl (C=O) groups is 5. The number of benzene rings is 2. The number of hydrogen-bond acceptors (Lipinski definition) is 10. The van der Waals surface area contributed by atoms with Crippen LogP contribution in [0.2, 0.25) is 0 Å². The van der Waals surface area contributed by atoms with Crippen LogP contribution in [-0.2, 0) is 23.9 Å². The first-order valence-corrected chi connectivity index (χ1v) is 14.0. The van der Waals surface area contributed by atoms with Gasteiger partial charge in [0.05, 0.1) is 7.11 Å². The van der Waals surface area contributed by atoms with Crippen molar-refractivity contribution in [2.75, 3.05) is 19.5 Å². The fourth-order valence-electron chi connectivity index (χ4n) is 4.67. The van der Waals surface area contributed by atoms with Gasteiger partial charge in [-0.05, 0) is 17.7 Å². The zero-order valence-corrected chi connectivity index (χ0v) is 23.8. The number of fused-ring (bicyclic) bond motifs is 1. The third-order valence-corrected chi connectivity index (χ3v) is 8.10. The molecule has 2 aliphatic rings. The molecular formula is C29H26N4O9S. The molecule has 1 saturated heterocycles. The van der Waals surface area contributed by atoms with Gasteiger partial charge in [-0.1, -0.05) is 47.6 Å². The minimum absolute atomic E-state index is 0.0724. The second-order valence-corrected chi connectivity index (χ2v) is 10.7. The van der Waals surface area contributed by atoms with Crippen molar-refractivity contribution in [3.8, 4) is 17.1 Å². The number of esters is 1. The molecule has 5 rings (SSSR count). The number of aromatic nitrogens is 1. The Hall–Kier alpha value is -5.11. The summed E-state index contributed by atoms with van der Waals surface area (Å²) in [6.45, 7) is 0.936. The first kappa shape index (κ1) is 29.4. The van der Waals surface area contributed by atoms with Gasteiger partial charge in [-0.2, -0.15) is 0 Å². The van der Waals surface area contributed by atoms with E-state index >= 15 is 0 Å². The molecule has 3 atom stereocenters. The molecule has 2 aromatic carbocycles. The minimum atomic E-state index is -1.35. The molecule has 0 saturated carbocycles. The van der Waals surface area contributed by atoms with E-state index in [4.69, 9.17) is 14.0 Å². The Morgan fingerprint density at radius 2 is 1.91 bits per heavy atom. The van der Waals surface area contributed by atoms with Crippen molar-refractivity contribution in [3.05, 3.63) is 83.2 Å². The van der Waals surface area contributed by atoms with E-state index in [1.54, 1.807) is 54.6 Å². The average Bonchev–Trinajstić information content (AvgIpc) is 3.52. The number of carboxylic acid groups (broad SMARTS) is 1. The van der Waals surface area contributed by atoms with Crippen molar-refractivity contribution in [1.82, 2.24) is 20.7 Å². The van der Waals surface area contributed by atoms with Crippen LogP contribution in [0.15, 0.2) is 76.5 Å². The monoisotopic (exact) mass is 606 g/mol. The maximum Gasteiger partial charge on any atom is 0.352 e. The van der Waals surface area contributed by atoms with Gasteiger partial charge in [0.2, 0.25) is 5.91 Å². The summed E-state index contributed by atoms with van der Waals surface area (Å²) < 4.78 is 15.5. The minimum Gasteiger partial charge on any atom is -0.497 e. The number of methoxy groups -OCH3 is 1. The Kier molecular flexibility index (Phi) is 8.48. The third-order valence-electron chi connectivity index (χ3n) is 6.76. The lowest BCUT2D eigenvalue weighted by Crippen LogP contribution is -2.71. The Balaban J connectivity index is 1.32. The molecule has 0 radical (unpaired) electrons. The summed E-state index contributed by atoms with van der Waals surface area (Å²) in [5.41, 5.74) is 1.01. The molecule has 14 heteroatoms. The molecule has 3 amide bonds. The summed E-state index contributed by atoms with van der Waals surface area (Å²) in [7, 11) is 1.53. The Bertz CT molecular complexity index is 1620. The quantitative estimate of drug-likeness (QED) is 0.228. The van der Waals surface area contributed by atoms with E-state index in [0.29, 0.717) is 22.6 Å². The zero-order chi connectivity index (χ0) is 30.7. The molecule has 1 aromatic heterocycles. The predicted octanol–water partition coefficient (Wildman–Crippen LogP) is 2.12. The van der Waals surface area contributed by atoms with Gasteiger partial charge in [-0.15, -0.1) is 11.8 Å². The fraction of sp³-hybridized carbons (Fsp3) is 0.241. The lowest BCUT2D eigenvalue weighted by Gasteiger charge is -2.49. The molecule has 0 bridgehead atoms. The SMILES string of the molecule is COc1cccc(-c2cc(C(=O)NC(C(=O)N[C@@H]3C(=O)N4C(C(=O)O)=C(COC(C)=O)CS[C@H]34)c3ccccc3)no2)c1. The van der Waals surface area contributed by atoms with Gasteiger partial charge in [0.25, 0.3) is 11.8 Å². The molecule has 3 aromatic rings. The summed E-state index contributed by atoms with van der Waals surface area (Å²) >= 11 is 1.23. The van der Waals surface area contributed by atoms with Crippen LogP contribution in [-0.4, -0.2) is 75.7 Å². The molecular weight excluding hydrogens is 580 g/mol. The Morgan fingerprint density at radius 1 is 1.14 bits per heavy atom. The maximum atomic E-state index is 13.5. The van der Waals surface area contributed by atoms with Crippen LogP contribution in [0.4, 0.5) is 0 Å². The lowest BCUT2D eigenvalue weighted by molar-refractivity contribution is -0.151. The van der Waals surface area contributed by atoms with Crippen molar-refractivity contribution in [3.63, 3.8) is 0 Å². The van der Waals surface area contributed by atoms with E-state index in [0.717, 1.165) is 4.90 Å². The molecule has 43 heavy (non-hydrogen) atoms. The van der Waals surface area contributed by atoms with Crippen LogP contribution in [0, 0.1) is 0 Å². The summed E-state index contributed by atoms with van der Waals surface area (Å²) in [5.74, 6) is -2.86. The number of rotatable bonds is 10. The molecule has 0 aliphatic carbocycles. The molecule has 3 heterocycles. The van der Waals surface area contributed by atoms with Crippen molar-refractivity contribution in [1.29, 1.82) is 0 Å². The number of carboxylic acids is 1. The predicted molar refractivity (Wildman–Crippen MR) is 151 cm³/mol. The van der Waals surface area contributed by atoms with Crippen LogP contribution in [0.5, 0.6) is 5.75 Å². The van der Waals surface area contributed by atoms with Gasteiger partial charge in [-0.3, -0.25) is 24.1 Å². The van der Waals surface area contributed by atoms with Crippen molar-refractivity contribution < 1.29 is 43.1 Å². The largest absolute Gasteiger partial charge is 0.497 e. The van der Waals surface area contributed by atoms with Crippen LogP contribution in [0.25, 0.3) is 11.3 Å². The number of carbonyl (C=O) groups excluding carboxylic acids is 4. The van der Waals surface area contributed by atoms with E-state index < -0.39 is 47.1 Å². The number of β-lactam (4-membered cyclic amide) rings is 1. The number of amides is 3. The van der Waals surface area contributed by atoms with Crippen molar-refractivity contribution in [2.45, 2.75) is 24.4 Å². The maximum absolute atomic E-state index is 13.5. The van der Waals surface area contributed by atoms with Gasteiger partial charge in [0, 0.05) is 29.9 Å². The highest BCUT2D eigenvalue weighted by molar-refractivity contribution is 8.00. The zero-order valence-electron chi connectivity index (χ0n) is 22.9. The van der Waals surface area contributed by atoms with Gasteiger partial charge in [-0.25, -0.2) is 4.79 Å². The standard InChI is InChI=1S/C29H26N4O9S/c1-15(34)41-13-18-14-43-28-23(27(37)33(28)24(18)29(38)39)31-26(36)22(16-7-4-3-5-8-16)30-25(35)20-12-21(42-32-20)17-9-6-10-19(11-17)40-2/h3-12,22-23,28H,13-14H2,1-2H3,(H,30,35)(H,31,36)(H,38,39)/t22?,23-,28-/m1/s1. The second-order valence-electron chi connectivity index (χ2n) is 9.56. The van der Waals surface area contributed by atoms with Gasteiger partial charge >= 0.3 is 11.9 Å². The van der Waals surface area contributed by atoms with Crippen molar-refractivity contribution in [2.24, 2.45) is 0 Å². The molecule has 0 spiro atoms.